The topological polar surface area (TPSA) is 21.3 Å². The van der Waals surface area contributed by atoms with Gasteiger partial charge in [0, 0.05) is 44.2 Å². The molecule has 0 spiro atoms. The van der Waals surface area contributed by atoms with Crippen molar-refractivity contribution in [2.24, 2.45) is 0 Å². The van der Waals surface area contributed by atoms with Crippen LogP contribution < -0.4 is 4.90 Å². The van der Waals surface area contributed by atoms with Gasteiger partial charge in [-0.1, -0.05) is 158 Å². The molecule has 0 radical (unpaired) electrons. The smallest absolute Gasteiger partial charge is 0.135 e. The Bertz CT molecular complexity index is 3260. The van der Waals surface area contributed by atoms with Crippen LogP contribution in [-0.2, 0) is 5.41 Å². The van der Waals surface area contributed by atoms with Gasteiger partial charge in [0.15, 0.2) is 0 Å². The van der Waals surface area contributed by atoms with Crippen LogP contribution in [0.2, 0.25) is 0 Å². The maximum absolute atomic E-state index is 6.37. The number of para-hydroxylation sites is 3. The number of hydrogen-bond acceptors (Lipinski definition) is 2. The van der Waals surface area contributed by atoms with Crippen molar-refractivity contribution < 1.29 is 4.42 Å². The molecule has 3 heteroatoms. The molecule has 0 saturated heterocycles. The lowest BCUT2D eigenvalue weighted by Gasteiger charge is -2.34. The summed E-state index contributed by atoms with van der Waals surface area (Å²) >= 11 is 0. The van der Waals surface area contributed by atoms with Gasteiger partial charge < -0.3 is 13.9 Å². The van der Waals surface area contributed by atoms with Crippen LogP contribution in [-0.4, -0.2) is 4.57 Å². The third-order valence-electron chi connectivity index (χ3n) is 12.2. The second kappa shape index (κ2) is 12.7. The number of aromatic nitrogens is 1. The van der Waals surface area contributed by atoms with Crippen molar-refractivity contribution in [2.45, 2.75) is 5.41 Å². The quantitative estimate of drug-likeness (QED) is 0.169. The number of nitrogens with zero attached hydrogens (tertiary/aromatic N) is 2. The van der Waals surface area contributed by atoms with E-state index in [-0.39, 0.29) is 0 Å². The third kappa shape index (κ3) is 4.62. The van der Waals surface area contributed by atoms with Crippen molar-refractivity contribution in [1.82, 2.24) is 4.57 Å². The van der Waals surface area contributed by atoms with Crippen LogP contribution in [0.15, 0.2) is 223 Å². The Morgan fingerprint density at radius 1 is 0.397 bits per heavy atom. The molecule has 0 unspecified atom stereocenters. The number of benzene rings is 9. The first-order valence-electron chi connectivity index (χ1n) is 19.9. The number of fused-ring (bicyclic) bond motifs is 9. The van der Waals surface area contributed by atoms with E-state index in [1.807, 2.05) is 6.07 Å². The van der Waals surface area contributed by atoms with Crippen LogP contribution in [0.3, 0.4) is 0 Å². The first kappa shape index (κ1) is 32.6. The summed E-state index contributed by atoms with van der Waals surface area (Å²) in [5, 5.41) is 4.68. The summed E-state index contributed by atoms with van der Waals surface area (Å²) in [5.41, 5.74) is 15.5. The summed E-state index contributed by atoms with van der Waals surface area (Å²) in [5.74, 6) is 0. The molecule has 2 heterocycles. The molecule has 0 fully saturated rings. The minimum atomic E-state index is -0.522. The summed E-state index contributed by atoms with van der Waals surface area (Å²) in [6.07, 6.45) is 0. The molecule has 11 aromatic rings. The SMILES string of the molecule is c1ccc(C2(c3ccccc3)c3ccccc3-c3c(N(c4cccc(-n5c6ccccc6c6ccccc65)c4)c4ccc5oc6ccccc6c5c4)cccc32)cc1. The average molecular weight is 741 g/mol. The van der Waals surface area contributed by atoms with Gasteiger partial charge in [-0.15, -0.1) is 0 Å². The zero-order chi connectivity index (χ0) is 38.2. The van der Waals surface area contributed by atoms with Crippen LogP contribution >= 0.6 is 0 Å². The summed E-state index contributed by atoms with van der Waals surface area (Å²) in [4.78, 5) is 2.46. The van der Waals surface area contributed by atoms with Crippen LogP contribution in [0.4, 0.5) is 17.1 Å². The Balaban J connectivity index is 1.17. The van der Waals surface area contributed by atoms with Crippen molar-refractivity contribution in [3.05, 3.63) is 241 Å². The molecule has 0 aliphatic heterocycles. The minimum Gasteiger partial charge on any atom is -0.456 e. The molecule has 0 saturated carbocycles. The van der Waals surface area contributed by atoms with E-state index in [4.69, 9.17) is 4.42 Å². The number of furan rings is 1. The molecule has 1 aliphatic carbocycles. The molecule has 9 aromatic carbocycles. The third-order valence-corrected chi connectivity index (χ3v) is 12.2. The molecule has 1 aliphatic rings. The second-order valence-electron chi connectivity index (χ2n) is 15.2. The molecule has 0 bridgehead atoms. The lowest BCUT2D eigenvalue weighted by molar-refractivity contribution is 0.669. The normalized spacial score (nSPS) is 13.0. The van der Waals surface area contributed by atoms with Gasteiger partial charge in [0.1, 0.15) is 11.2 Å². The monoisotopic (exact) mass is 740 g/mol. The van der Waals surface area contributed by atoms with Crippen molar-refractivity contribution in [2.75, 3.05) is 4.90 Å². The highest BCUT2D eigenvalue weighted by Gasteiger charge is 2.47. The molecule has 3 nitrogen and oxygen atoms in total. The van der Waals surface area contributed by atoms with Crippen molar-refractivity contribution in [1.29, 1.82) is 0 Å². The van der Waals surface area contributed by atoms with Gasteiger partial charge in [0.25, 0.3) is 0 Å². The van der Waals surface area contributed by atoms with Crippen molar-refractivity contribution in [3.8, 4) is 16.8 Å². The van der Waals surface area contributed by atoms with E-state index < -0.39 is 5.41 Å². The lowest BCUT2D eigenvalue weighted by Crippen LogP contribution is -2.28. The number of hydrogen-bond donors (Lipinski definition) is 0. The van der Waals surface area contributed by atoms with Gasteiger partial charge in [-0.2, -0.15) is 0 Å². The number of rotatable bonds is 6. The Hall–Kier alpha value is -7.62. The Morgan fingerprint density at radius 3 is 1.71 bits per heavy atom. The van der Waals surface area contributed by atoms with E-state index in [0.29, 0.717) is 0 Å². The fraction of sp³-hybridized carbons (Fsp3) is 0.0182. The fourth-order valence-corrected chi connectivity index (χ4v) is 9.91. The maximum atomic E-state index is 6.37. The molecular formula is C55H36N2O. The van der Waals surface area contributed by atoms with Crippen LogP contribution in [0.25, 0.3) is 60.6 Å². The Morgan fingerprint density at radius 2 is 0.966 bits per heavy atom. The van der Waals surface area contributed by atoms with Crippen LogP contribution in [0.5, 0.6) is 0 Å². The number of anilines is 3. The zero-order valence-electron chi connectivity index (χ0n) is 31.6. The highest BCUT2D eigenvalue weighted by atomic mass is 16.3. The molecule has 12 rings (SSSR count). The van der Waals surface area contributed by atoms with Crippen LogP contribution in [0, 0.1) is 0 Å². The highest BCUT2D eigenvalue weighted by molar-refractivity contribution is 6.10. The summed E-state index contributed by atoms with van der Waals surface area (Å²) in [6, 6.07) is 79.4. The maximum Gasteiger partial charge on any atom is 0.135 e. The average Bonchev–Trinajstić information content (AvgIpc) is 3.94. The minimum absolute atomic E-state index is 0.522. The molecule has 0 N–H and O–H groups in total. The first-order valence-corrected chi connectivity index (χ1v) is 19.9. The molecule has 58 heavy (non-hydrogen) atoms. The van der Waals surface area contributed by atoms with Gasteiger partial charge in [-0.3, -0.25) is 0 Å². The molecule has 2 aromatic heterocycles. The van der Waals surface area contributed by atoms with E-state index in [2.05, 4.69) is 222 Å². The van der Waals surface area contributed by atoms with E-state index in [9.17, 15) is 0 Å². The largest absolute Gasteiger partial charge is 0.456 e. The fourth-order valence-electron chi connectivity index (χ4n) is 9.91. The van der Waals surface area contributed by atoms with Gasteiger partial charge in [-0.05, 0) is 88.5 Å². The van der Waals surface area contributed by atoms with E-state index in [1.165, 1.54) is 55.2 Å². The lowest BCUT2D eigenvalue weighted by atomic mass is 9.68. The van der Waals surface area contributed by atoms with Crippen LogP contribution in [0.1, 0.15) is 22.3 Å². The van der Waals surface area contributed by atoms with Gasteiger partial charge in [0.2, 0.25) is 0 Å². The van der Waals surface area contributed by atoms with Crippen molar-refractivity contribution >= 4 is 60.8 Å². The Kier molecular flexibility index (Phi) is 7.14. The van der Waals surface area contributed by atoms with Gasteiger partial charge in [-0.25, -0.2) is 0 Å². The Labute approximate surface area is 336 Å². The summed E-state index contributed by atoms with van der Waals surface area (Å²) in [7, 11) is 0. The summed E-state index contributed by atoms with van der Waals surface area (Å²) < 4.78 is 8.77. The van der Waals surface area contributed by atoms with Gasteiger partial charge in [0.05, 0.1) is 22.1 Å². The second-order valence-corrected chi connectivity index (χ2v) is 15.2. The molecule has 0 atom stereocenters. The van der Waals surface area contributed by atoms with E-state index in [1.54, 1.807) is 0 Å². The molecular weight excluding hydrogens is 705 g/mol. The predicted octanol–water partition coefficient (Wildman–Crippen LogP) is 14.5. The van der Waals surface area contributed by atoms with E-state index in [0.717, 1.165) is 44.7 Å². The van der Waals surface area contributed by atoms with Gasteiger partial charge >= 0.3 is 0 Å². The summed E-state index contributed by atoms with van der Waals surface area (Å²) in [6.45, 7) is 0. The zero-order valence-corrected chi connectivity index (χ0v) is 31.6. The first-order chi connectivity index (χ1) is 28.8. The predicted molar refractivity (Wildman–Crippen MR) is 240 cm³/mol. The highest BCUT2D eigenvalue weighted by Crippen LogP contribution is 2.59. The van der Waals surface area contributed by atoms with Crippen molar-refractivity contribution in [3.63, 3.8) is 0 Å². The molecule has 272 valence electrons. The standard InChI is InChI=1S/C55H36N2O/c1-3-17-37(18-4-1)55(38-19-5-2-6-20-38)47-27-11-7-26-45(47)54-48(55)28-16-31-51(54)56(41-33-34-53-46(36-41)44-25-10-14-32-52(44)58-53)39-21-15-22-40(35-39)57-49-29-12-8-23-42(49)43-24-9-13-30-50(43)57/h1-36H. The molecule has 0 amide bonds. The van der Waals surface area contributed by atoms with E-state index >= 15 is 0 Å².